The first kappa shape index (κ1) is 17.9. The second kappa shape index (κ2) is 7.58. The summed E-state index contributed by atoms with van der Waals surface area (Å²) in [7, 11) is 3.70. The number of nitrogens with one attached hydrogen (secondary N) is 1. The largest absolute Gasteiger partial charge is 0.363 e. The lowest BCUT2D eigenvalue weighted by molar-refractivity contribution is 0.0940. The summed E-state index contributed by atoms with van der Waals surface area (Å²) in [6.45, 7) is 1.94. The fraction of sp³-hybridized carbons (Fsp3) is 0.211. The first-order valence-electron chi connectivity index (χ1n) is 8.20. The van der Waals surface area contributed by atoms with E-state index in [9.17, 15) is 4.79 Å². The minimum atomic E-state index is -0.211. The van der Waals surface area contributed by atoms with Crippen molar-refractivity contribution in [1.29, 1.82) is 0 Å². The lowest BCUT2D eigenvalue weighted by atomic mass is 10.1. The van der Waals surface area contributed by atoms with Crippen LogP contribution in [0.5, 0.6) is 0 Å². The van der Waals surface area contributed by atoms with Crippen LogP contribution in [0.4, 0.5) is 5.82 Å². The van der Waals surface area contributed by atoms with Crippen molar-refractivity contribution in [3.63, 3.8) is 0 Å². The lowest BCUT2D eigenvalue weighted by Gasteiger charge is -2.19. The molecule has 6 nitrogen and oxygen atoms in total. The van der Waals surface area contributed by atoms with Crippen LogP contribution in [0.2, 0.25) is 5.15 Å². The molecule has 0 aliphatic heterocycles. The highest BCUT2D eigenvalue weighted by Crippen LogP contribution is 2.22. The van der Waals surface area contributed by atoms with E-state index in [0.717, 1.165) is 11.3 Å². The van der Waals surface area contributed by atoms with Crippen LogP contribution < -0.4 is 10.2 Å². The Balaban J connectivity index is 1.85. The Kier molecular flexibility index (Phi) is 5.23. The number of halogens is 1. The number of anilines is 1. The zero-order chi connectivity index (χ0) is 18.7. The van der Waals surface area contributed by atoms with E-state index in [1.165, 1.54) is 0 Å². The Morgan fingerprint density at radius 1 is 1.23 bits per heavy atom. The van der Waals surface area contributed by atoms with Crippen molar-refractivity contribution in [1.82, 2.24) is 20.1 Å². The Bertz CT molecular complexity index is 908. The molecule has 1 aromatic carbocycles. The molecular weight excluding hydrogens is 350 g/mol. The van der Waals surface area contributed by atoms with E-state index < -0.39 is 0 Å². The molecule has 0 saturated heterocycles. The van der Waals surface area contributed by atoms with Gasteiger partial charge in [-0.05, 0) is 36.8 Å². The third-order valence-electron chi connectivity index (χ3n) is 4.00. The average Bonchev–Trinajstić information content (AvgIpc) is 3.15. The van der Waals surface area contributed by atoms with Crippen LogP contribution in [0.3, 0.4) is 0 Å². The lowest BCUT2D eigenvalue weighted by Crippen LogP contribution is -2.28. The van der Waals surface area contributed by atoms with Gasteiger partial charge in [-0.3, -0.25) is 4.79 Å². The van der Waals surface area contributed by atoms with E-state index in [2.05, 4.69) is 15.4 Å². The van der Waals surface area contributed by atoms with Crippen molar-refractivity contribution in [3.8, 4) is 5.69 Å². The molecule has 3 aromatic rings. The monoisotopic (exact) mass is 369 g/mol. The van der Waals surface area contributed by atoms with Crippen molar-refractivity contribution in [3.05, 3.63) is 71.1 Å². The smallest absolute Gasteiger partial charge is 0.251 e. The number of hydrogen-bond acceptors (Lipinski definition) is 4. The van der Waals surface area contributed by atoms with E-state index in [4.69, 9.17) is 11.6 Å². The average molecular weight is 370 g/mol. The normalized spacial score (nSPS) is 11.8. The quantitative estimate of drug-likeness (QED) is 0.699. The number of benzene rings is 1. The maximum atomic E-state index is 12.7. The molecule has 0 aliphatic carbocycles. The molecule has 0 radical (unpaired) electrons. The number of rotatable bonds is 5. The third-order valence-corrected chi connectivity index (χ3v) is 4.20. The molecule has 0 bridgehead atoms. The predicted octanol–water partition coefficient (Wildman–Crippen LogP) is 3.48. The highest BCUT2D eigenvalue weighted by molar-refractivity contribution is 6.29. The van der Waals surface area contributed by atoms with Crippen LogP contribution in [-0.4, -0.2) is 34.8 Å². The van der Waals surface area contributed by atoms with Crippen molar-refractivity contribution < 1.29 is 4.79 Å². The third kappa shape index (κ3) is 3.86. The Morgan fingerprint density at radius 2 is 2.00 bits per heavy atom. The predicted molar refractivity (Wildman–Crippen MR) is 103 cm³/mol. The van der Waals surface area contributed by atoms with E-state index >= 15 is 0 Å². The van der Waals surface area contributed by atoms with Crippen molar-refractivity contribution >= 4 is 23.3 Å². The number of para-hydroxylation sites is 1. The summed E-state index contributed by atoms with van der Waals surface area (Å²) in [5.41, 5.74) is 2.36. The number of amides is 1. The first-order chi connectivity index (χ1) is 12.5. The summed E-state index contributed by atoms with van der Waals surface area (Å²) in [6, 6.07) is 12.8. The van der Waals surface area contributed by atoms with E-state index in [1.807, 2.05) is 57.5 Å². The fourth-order valence-corrected chi connectivity index (χ4v) is 2.88. The van der Waals surface area contributed by atoms with Gasteiger partial charge in [0.05, 0.1) is 11.7 Å². The zero-order valence-electron chi connectivity index (χ0n) is 14.8. The highest BCUT2D eigenvalue weighted by Gasteiger charge is 2.17. The van der Waals surface area contributed by atoms with Crippen molar-refractivity contribution in [2.45, 2.75) is 13.0 Å². The topological polar surface area (TPSA) is 63.1 Å². The van der Waals surface area contributed by atoms with Gasteiger partial charge in [-0.15, -0.1) is 0 Å². The maximum absolute atomic E-state index is 12.7. The van der Waals surface area contributed by atoms with Gasteiger partial charge < -0.3 is 10.2 Å². The number of pyridine rings is 1. The molecular formula is C19H20ClN5O. The van der Waals surface area contributed by atoms with Gasteiger partial charge in [0.1, 0.15) is 11.0 Å². The van der Waals surface area contributed by atoms with Gasteiger partial charge in [0.2, 0.25) is 0 Å². The molecule has 0 aliphatic rings. The molecule has 1 amide bonds. The number of carbonyl (C=O) groups excluding carboxylic acids is 1. The van der Waals surface area contributed by atoms with E-state index in [-0.39, 0.29) is 17.1 Å². The molecule has 1 atom stereocenters. The fourth-order valence-electron chi connectivity index (χ4n) is 2.67. The summed E-state index contributed by atoms with van der Waals surface area (Å²) in [5, 5.41) is 7.59. The molecule has 26 heavy (non-hydrogen) atoms. The van der Waals surface area contributed by atoms with Crippen molar-refractivity contribution in [2.75, 3.05) is 19.0 Å². The standard InChI is InChI=1S/C19H20ClN5O/c1-13(15-7-4-5-8-16(15)25-10-6-9-21-25)22-19(26)14-11-17(20)23-18(12-14)24(2)3/h4-13H,1-3H3,(H,22,26)/t13-/m1/s1. The number of hydrogen-bond donors (Lipinski definition) is 1. The zero-order valence-corrected chi connectivity index (χ0v) is 15.6. The second-order valence-corrected chi connectivity index (χ2v) is 6.52. The van der Waals surface area contributed by atoms with Gasteiger partial charge in [0.25, 0.3) is 5.91 Å². The van der Waals surface area contributed by atoms with Gasteiger partial charge in [-0.25, -0.2) is 9.67 Å². The molecule has 0 spiro atoms. The summed E-state index contributed by atoms with van der Waals surface area (Å²) in [6.07, 6.45) is 3.60. The van der Waals surface area contributed by atoms with E-state index in [1.54, 1.807) is 27.9 Å². The summed E-state index contributed by atoms with van der Waals surface area (Å²) >= 11 is 6.06. The van der Waals surface area contributed by atoms with Gasteiger partial charge in [-0.1, -0.05) is 29.8 Å². The summed E-state index contributed by atoms with van der Waals surface area (Å²) in [4.78, 5) is 18.7. The second-order valence-electron chi connectivity index (χ2n) is 6.14. The summed E-state index contributed by atoms with van der Waals surface area (Å²) < 4.78 is 1.78. The Labute approximate surface area is 157 Å². The van der Waals surface area contributed by atoms with Crippen LogP contribution >= 0.6 is 11.6 Å². The molecule has 0 saturated carbocycles. The van der Waals surface area contributed by atoms with Crippen LogP contribution in [0.1, 0.15) is 28.9 Å². The number of nitrogens with zero attached hydrogens (tertiary/aromatic N) is 4. The van der Waals surface area contributed by atoms with Crippen LogP contribution in [0.15, 0.2) is 54.9 Å². The van der Waals surface area contributed by atoms with Crippen LogP contribution in [0.25, 0.3) is 5.69 Å². The Morgan fingerprint density at radius 3 is 2.69 bits per heavy atom. The summed E-state index contributed by atoms with van der Waals surface area (Å²) in [5.74, 6) is 0.424. The van der Waals surface area contributed by atoms with Gasteiger partial charge in [-0.2, -0.15) is 5.10 Å². The van der Waals surface area contributed by atoms with Gasteiger partial charge >= 0.3 is 0 Å². The minimum absolute atomic E-state index is 0.208. The molecule has 0 unspecified atom stereocenters. The molecule has 1 N–H and O–H groups in total. The van der Waals surface area contributed by atoms with Crippen LogP contribution in [0, 0.1) is 0 Å². The highest BCUT2D eigenvalue weighted by atomic mass is 35.5. The SMILES string of the molecule is C[C@@H](NC(=O)c1cc(Cl)nc(N(C)C)c1)c1ccccc1-n1cccn1. The number of aromatic nitrogens is 3. The van der Waals surface area contributed by atoms with Gasteiger partial charge in [0.15, 0.2) is 0 Å². The van der Waals surface area contributed by atoms with Crippen LogP contribution in [-0.2, 0) is 0 Å². The molecule has 0 fully saturated rings. The molecule has 2 aromatic heterocycles. The molecule has 2 heterocycles. The number of carbonyl (C=O) groups is 1. The minimum Gasteiger partial charge on any atom is -0.363 e. The maximum Gasteiger partial charge on any atom is 0.251 e. The first-order valence-corrected chi connectivity index (χ1v) is 8.58. The van der Waals surface area contributed by atoms with Gasteiger partial charge in [0, 0.05) is 32.1 Å². The molecule has 134 valence electrons. The van der Waals surface area contributed by atoms with E-state index in [0.29, 0.717) is 11.4 Å². The molecule has 3 rings (SSSR count). The molecule has 7 heteroatoms. The Hall–Kier alpha value is -2.86. The van der Waals surface area contributed by atoms with Crippen molar-refractivity contribution in [2.24, 2.45) is 0 Å².